The van der Waals surface area contributed by atoms with Gasteiger partial charge in [-0.05, 0) is 44.9 Å². The number of hydrogen-bond donors (Lipinski definition) is 3. The second kappa shape index (κ2) is 39.7. The summed E-state index contributed by atoms with van der Waals surface area (Å²) in [6, 6.07) is 0. The molecule has 0 spiro atoms. The SMILES string of the molecule is CCCCC/C=C\C/C=C\CCCCCCCC(=O)OC(COC(=O)CCCCCCCCCCCCCCCCCC)COP(=O)(O)OCC(O)CO. The standard InChI is InChI=1S/C43H81O10P/c1-3-5-7-9-11-13-15-17-19-21-22-24-26-28-30-32-34-42(46)50-38-41(39-52-54(48,49)51-37-40(45)36-44)53-43(47)35-33-31-29-27-25-23-20-18-16-14-12-10-8-6-4-2/h12,14,18,20,40-41,44-45H,3-11,13,15-17,19,21-39H2,1-2H3,(H,48,49)/b14-12-,20-18-. The second-order valence-electron chi connectivity index (χ2n) is 14.7. The van der Waals surface area contributed by atoms with Crippen LogP contribution in [0, 0.1) is 0 Å². The summed E-state index contributed by atoms with van der Waals surface area (Å²) in [6.45, 7) is 2.36. The molecule has 3 atom stereocenters. The van der Waals surface area contributed by atoms with Gasteiger partial charge < -0.3 is 24.6 Å². The molecule has 0 aromatic carbocycles. The van der Waals surface area contributed by atoms with Crippen molar-refractivity contribution in [1.29, 1.82) is 0 Å². The van der Waals surface area contributed by atoms with E-state index in [1.165, 1.54) is 96.3 Å². The van der Waals surface area contributed by atoms with Crippen LogP contribution in [-0.2, 0) is 32.7 Å². The van der Waals surface area contributed by atoms with Gasteiger partial charge in [0.1, 0.15) is 12.7 Å². The molecule has 0 aliphatic rings. The van der Waals surface area contributed by atoms with Gasteiger partial charge in [-0.15, -0.1) is 0 Å². The van der Waals surface area contributed by atoms with Crippen LogP contribution in [0.4, 0.5) is 0 Å². The molecule has 0 radical (unpaired) electrons. The lowest BCUT2D eigenvalue weighted by molar-refractivity contribution is -0.161. The summed E-state index contributed by atoms with van der Waals surface area (Å²) < 4.78 is 32.7. The Kier molecular flexibility index (Phi) is 38.5. The largest absolute Gasteiger partial charge is 0.472 e. The molecule has 0 rings (SSSR count). The monoisotopic (exact) mass is 789 g/mol. The summed E-state index contributed by atoms with van der Waals surface area (Å²) >= 11 is 0. The smallest absolute Gasteiger partial charge is 0.462 e. The number of carbonyl (C=O) groups is 2. The Morgan fingerprint density at radius 2 is 0.963 bits per heavy atom. The lowest BCUT2D eigenvalue weighted by atomic mass is 10.0. The first-order chi connectivity index (χ1) is 26.2. The van der Waals surface area contributed by atoms with Gasteiger partial charge >= 0.3 is 19.8 Å². The molecule has 0 aromatic rings. The third-order valence-electron chi connectivity index (χ3n) is 9.36. The van der Waals surface area contributed by atoms with Crippen molar-refractivity contribution in [2.24, 2.45) is 0 Å². The highest BCUT2D eigenvalue weighted by Crippen LogP contribution is 2.43. The minimum Gasteiger partial charge on any atom is -0.462 e. The Morgan fingerprint density at radius 1 is 0.556 bits per heavy atom. The summed E-state index contributed by atoms with van der Waals surface area (Å²) in [6.07, 6.45) is 38.5. The van der Waals surface area contributed by atoms with Gasteiger partial charge in [-0.25, -0.2) is 4.57 Å². The van der Waals surface area contributed by atoms with Crippen LogP contribution in [0.5, 0.6) is 0 Å². The Labute approximate surface area is 329 Å². The molecular formula is C43H81O10P. The molecule has 0 aromatic heterocycles. The number of phosphoric ester groups is 1. The van der Waals surface area contributed by atoms with Crippen LogP contribution < -0.4 is 0 Å². The van der Waals surface area contributed by atoms with E-state index in [4.69, 9.17) is 19.1 Å². The first kappa shape index (κ1) is 52.5. The molecule has 11 heteroatoms. The van der Waals surface area contributed by atoms with Crippen LogP contribution in [0.15, 0.2) is 24.3 Å². The van der Waals surface area contributed by atoms with E-state index >= 15 is 0 Å². The van der Waals surface area contributed by atoms with E-state index in [0.717, 1.165) is 64.2 Å². The Morgan fingerprint density at radius 3 is 1.46 bits per heavy atom. The zero-order valence-electron chi connectivity index (χ0n) is 34.4. The second-order valence-corrected chi connectivity index (χ2v) is 16.2. The fraction of sp³-hybridized carbons (Fsp3) is 0.860. The van der Waals surface area contributed by atoms with Crippen molar-refractivity contribution in [3.8, 4) is 0 Å². The summed E-state index contributed by atoms with van der Waals surface area (Å²) in [5, 5.41) is 18.3. The number of hydrogen-bond acceptors (Lipinski definition) is 9. The first-order valence-corrected chi connectivity index (χ1v) is 23.3. The van der Waals surface area contributed by atoms with Crippen molar-refractivity contribution in [2.75, 3.05) is 26.4 Å². The van der Waals surface area contributed by atoms with E-state index < -0.39 is 51.8 Å². The third kappa shape index (κ3) is 38.7. The summed E-state index contributed by atoms with van der Waals surface area (Å²) in [5.41, 5.74) is 0. The van der Waals surface area contributed by atoms with Crippen molar-refractivity contribution in [3.63, 3.8) is 0 Å². The van der Waals surface area contributed by atoms with Gasteiger partial charge in [0.25, 0.3) is 0 Å². The minimum atomic E-state index is -4.62. The maximum atomic E-state index is 12.6. The van der Waals surface area contributed by atoms with Crippen LogP contribution in [-0.4, -0.2) is 65.7 Å². The van der Waals surface area contributed by atoms with E-state index in [2.05, 4.69) is 42.7 Å². The number of rotatable bonds is 41. The van der Waals surface area contributed by atoms with E-state index in [9.17, 15) is 24.2 Å². The number of phosphoric acid groups is 1. The molecule has 0 aliphatic heterocycles. The zero-order valence-corrected chi connectivity index (χ0v) is 35.3. The predicted octanol–water partition coefficient (Wildman–Crippen LogP) is 11.4. The molecule has 0 bridgehead atoms. The average Bonchev–Trinajstić information content (AvgIpc) is 3.16. The molecule has 0 fully saturated rings. The summed E-state index contributed by atoms with van der Waals surface area (Å²) in [4.78, 5) is 35.0. The maximum absolute atomic E-state index is 12.6. The maximum Gasteiger partial charge on any atom is 0.472 e. The average molecular weight is 789 g/mol. The van der Waals surface area contributed by atoms with Crippen LogP contribution in [0.3, 0.4) is 0 Å². The van der Waals surface area contributed by atoms with Gasteiger partial charge in [0.05, 0.1) is 19.8 Å². The van der Waals surface area contributed by atoms with Gasteiger partial charge in [-0.3, -0.25) is 18.6 Å². The van der Waals surface area contributed by atoms with Crippen molar-refractivity contribution < 1.29 is 47.8 Å². The topological polar surface area (TPSA) is 149 Å². The lowest BCUT2D eigenvalue weighted by Gasteiger charge is -2.20. The molecule has 318 valence electrons. The summed E-state index contributed by atoms with van der Waals surface area (Å²) in [5.74, 6) is -0.933. The fourth-order valence-corrected chi connectivity index (χ4v) is 6.75. The number of esters is 2. The highest BCUT2D eigenvalue weighted by molar-refractivity contribution is 7.47. The number of ether oxygens (including phenoxy) is 2. The van der Waals surface area contributed by atoms with Gasteiger partial charge in [-0.1, -0.05) is 167 Å². The van der Waals surface area contributed by atoms with Crippen molar-refractivity contribution in [1.82, 2.24) is 0 Å². The number of carbonyl (C=O) groups excluding carboxylic acids is 2. The molecule has 0 aliphatic carbocycles. The van der Waals surface area contributed by atoms with Crippen LogP contribution in [0.25, 0.3) is 0 Å². The zero-order chi connectivity index (χ0) is 39.8. The van der Waals surface area contributed by atoms with Crippen molar-refractivity contribution in [2.45, 2.75) is 212 Å². The molecule has 0 amide bonds. The lowest BCUT2D eigenvalue weighted by Crippen LogP contribution is -2.29. The van der Waals surface area contributed by atoms with E-state index in [1.807, 2.05) is 0 Å². The highest BCUT2D eigenvalue weighted by atomic mass is 31.2. The Hall–Kier alpha value is -1.55. The van der Waals surface area contributed by atoms with E-state index in [0.29, 0.717) is 12.8 Å². The normalized spacial score (nSPS) is 14.1. The Bertz CT molecular complexity index is 957. The quantitative estimate of drug-likeness (QED) is 0.0236. The molecule has 3 N–H and O–H groups in total. The van der Waals surface area contributed by atoms with Gasteiger partial charge in [0, 0.05) is 12.8 Å². The van der Waals surface area contributed by atoms with Gasteiger partial charge in [0.15, 0.2) is 6.10 Å². The number of aliphatic hydroxyl groups excluding tert-OH is 2. The van der Waals surface area contributed by atoms with E-state index in [1.54, 1.807) is 0 Å². The molecule has 3 unspecified atom stereocenters. The molecule has 10 nitrogen and oxygen atoms in total. The van der Waals surface area contributed by atoms with E-state index in [-0.39, 0.29) is 19.4 Å². The number of aliphatic hydroxyl groups is 2. The molecular weight excluding hydrogens is 707 g/mol. The van der Waals surface area contributed by atoms with Crippen LogP contribution >= 0.6 is 7.82 Å². The van der Waals surface area contributed by atoms with Crippen molar-refractivity contribution in [3.05, 3.63) is 24.3 Å². The molecule has 0 heterocycles. The fourth-order valence-electron chi connectivity index (χ4n) is 5.96. The van der Waals surface area contributed by atoms with Crippen LogP contribution in [0.2, 0.25) is 0 Å². The number of unbranched alkanes of at least 4 members (excludes halogenated alkanes) is 23. The van der Waals surface area contributed by atoms with Crippen LogP contribution in [0.1, 0.15) is 200 Å². The molecule has 54 heavy (non-hydrogen) atoms. The highest BCUT2D eigenvalue weighted by Gasteiger charge is 2.27. The molecule has 0 saturated carbocycles. The summed E-state index contributed by atoms with van der Waals surface area (Å²) in [7, 11) is -4.62. The van der Waals surface area contributed by atoms with Gasteiger partial charge in [-0.2, -0.15) is 0 Å². The van der Waals surface area contributed by atoms with Gasteiger partial charge in [0.2, 0.25) is 0 Å². The first-order valence-electron chi connectivity index (χ1n) is 21.8. The minimum absolute atomic E-state index is 0.171. The predicted molar refractivity (Wildman–Crippen MR) is 219 cm³/mol. The molecule has 0 saturated heterocycles. The van der Waals surface area contributed by atoms with Crippen molar-refractivity contribution >= 4 is 19.8 Å². The third-order valence-corrected chi connectivity index (χ3v) is 10.3. The Balaban J connectivity index is 4.29. The number of allylic oxidation sites excluding steroid dienone is 4.